The number of hydrogen-bond donors (Lipinski definition) is 0. The highest BCUT2D eigenvalue weighted by atomic mass is 19.1. The zero-order chi connectivity index (χ0) is 12.3. The molecule has 0 atom stereocenters. The molecule has 0 aliphatic heterocycles. The number of nitriles is 1. The minimum atomic E-state index is -0.366. The lowest BCUT2D eigenvalue weighted by Gasteiger charge is -2.28. The molecule has 0 heterocycles. The number of anilines is 1. The number of hydrogen-bond acceptors (Lipinski definition) is 2. The van der Waals surface area contributed by atoms with Crippen molar-refractivity contribution in [2.24, 2.45) is 5.41 Å². The van der Waals surface area contributed by atoms with Crippen molar-refractivity contribution in [2.45, 2.75) is 20.8 Å². The summed E-state index contributed by atoms with van der Waals surface area (Å²) in [5, 5.41) is 8.77. The van der Waals surface area contributed by atoms with Crippen molar-refractivity contribution in [3.63, 3.8) is 0 Å². The molecule has 0 aliphatic carbocycles. The van der Waals surface area contributed by atoms with Gasteiger partial charge in [-0.25, -0.2) is 4.39 Å². The molecule has 0 fully saturated rings. The van der Waals surface area contributed by atoms with Crippen molar-refractivity contribution in [1.29, 1.82) is 5.26 Å². The Morgan fingerprint density at radius 3 is 2.44 bits per heavy atom. The molecule has 1 aromatic rings. The fraction of sp³-hybridized carbons (Fsp3) is 0.462. The molecule has 0 N–H and O–H groups in total. The van der Waals surface area contributed by atoms with E-state index in [0.29, 0.717) is 5.56 Å². The number of benzene rings is 1. The summed E-state index contributed by atoms with van der Waals surface area (Å²) in [7, 11) is 1.90. The van der Waals surface area contributed by atoms with Crippen molar-refractivity contribution in [3.8, 4) is 6.07 Å². The Morgan fingerprint density at radius 2 is 1.94 bits per heavy atom. The third kappa shape index (κ3) is 3.54. The van der Waals surface area contributed by atoms with E-state index in [1.54, 1.807) is 6.07 Å². The summed E-state index contributed by atoms with van der Waals surface area (Å²) < 4.78 is 13.2. The number of nitrogens with zero attached hydrogens (tertiary/aromatic N) is 2. The van der Waals surface area contributed by atoms with Gasteiger partial charge in [0.1, 0.15) is 5.82 Å². The molecule has 86 valence electrons. The first kappa shape index (κ1) is 12.5. The smallest absolute Gasteiger partial charge is 0.126 e. The average molecular weight is 220 g/mol. The standard InChI is InChI=1S/C13H17FN2/c1-13(2,3)9-16(4)12-6-10(8-15)5-11(14)7-12/h5-7H,9H2,1-4H3. The maximum atomic E-state index is 13.2. The van der Waals surface area contributed by atoms with Gasteiger partial charge in [0, 0.05) is 19.3 Å². The van der Waals surface area contributed by atoms with E-state index in [2.05, 4.69) is 20.8 Å². The van der Waals surface area contributed by atoms with E-state index in [1.165, 1.54) is 12.1 Å². The summed E-state index contributed by atoms with van der Waals surface area (Å²) in [5.74, 6) is -0.366. The Hall–Kier alpha value is -1.56. The van der Waals surface area contributed by atoms with Gasteiger partial charge in [0.25, 0.3) is 0 Å². The Kier molecular flexibility index (Phi) is 3.54. The van der Waals surface area contributed by atoms with Crippen LogP contribution in [0.5, 0.6) is 0 Å². The van der Waals surface area contributed by atoms with Crippen LogP contribution >= 0.6 is 0 Å². The molecule has 16 heavy (non-hydrogen) atoms. The fourth-order valence-electron chi connectivity index (χ4n) is 1.66. The van der Waals surface area contributed by atoms with Crippen LogP contribution in [0, 0.1) is 22.6 Å². The Labute approximate surface area is 96.3 Å². The van der Waals surface area contributed by atoms with Crippen molar-refractivity contribution >= 4 is 5.69 Å². The molecule has 0 amide bonds. The van der Waals surface area contributed by atoms with Crippen LogP contribution in [0.1, 0.15) is 26.3 Å². The highest BCUT2D eigenvalue weighted by Gasteiger charge is 2.14. The van der Waals surface area contributed by atoms with Gasteiger partial charge in [0.15, 0.2) is 0 Å². The fourth-order valence-corrected chi connectivity index (χ4v) is 1.66. The molecule has 3 heteroatoms. The van der Waals surface area contributed by atoms with Crippen LogP contribution < -0.4 is 4.90 Å². The zero-order valence-electron chi connectivity index (χ0n) is 10.2. The molecule has 0 saturated carbocycles. The molecule has 1 rings (SSSR count). The third-order valence-electron chi connectivity index (χ3n) is 2.16. The molecule has 1 aromatic carbocycles. The first-order chi connectivity index (χ1) is 7.31. The molecule has 0 saturated heterocycles. The number of halogens is 1. The highest BCUT2D eigenvalue weighted by molar-refractivity contribution is 5.51. The van der Waals surface area contributed by atoms with Gasteiger partial charge in [-0.1, -0.05) is 20.8 Å². The van der Waals surface area contributed by atoms with E-state index in [-0.39, 0.29) is 11.2 Å². The maximum Gasteiger partial charge on any atom is 0.126 e. The molecular formula is C13H17FN2. The molecule has 0 bridgehead atoms. The van der Waals surface area contributed by atoms with Crippen molar-refractivity contribution in [2.75, 3.05) is 18.5 Å². The molecule has 0 radical (unpaired) electrons. The SMILES string of the molecule is CN(CC(C)(C)C)c1cc(F)cc(C#N)c1. The van der Waals surface area contributed by atoms with Crippen LogP contribution in [0.3, 0.4) is 0 Å². The van der Waals surface area contributed by atoms with Gasteiger partial charge < -0.3 is 4.90 Å². The van der Waals surface area contributed by atoms with E-state index in [1.807, 2.05) is 18.0 Å². The Morgan fingerprint density at radius 1 is 1.31 bits per heavy atom. The minimum absolute atomic E-state index is 0.133. The summed E-state index contributed by atoms with van der Waals surface area (Å²) in [5.41, 5.74) is 1.23. The van der Waals surface area contributed by atoms with Crippen LogP contribution in [-0.2, 0) is 0 Å². The molecule has 0 unspecified atom stereocenters. The maximum absolute atomic E-state index is 13.2. The van der Waals surface area contributed by atoms with Crippen LogP contribution in [0.25, 0.3) is 0 Å². The normalized spacial score (nSPS) is 11.0. The zero-order valence-corrected chi connectivity index (χ0v) is 10.2. The molecule has 0 aliphatic rings. The lowest BCUT2D eigenvalue weighted by molar-refractivity contribution is 0.418. The predicted molar refractivity (Wildman–Crippen MR) is 63.8 cm³/mol. The van der Waals surface area contributed by atoms with Gasteiger partial charge in [0.05, 0.1) is 11.6 Å². The van der Waals surface area contributed by atoms with Crippen LogP contribution in [-0.4, -0.2) is 13.6 Å². The second-order valence-corrected chi connectivity index (χ2v) is 5.23. The lowest BCUT2D eigenvalue weighted by atomic mass is 9.96. The summed E-state index contributed by atoms with van der Waals surface area (Å²) >= 11 is 0. The average Bonchev–Trinajstić information content (AvgIpc) is 2.14. The van der Waals surface area contributed by atoms with Crippen molar-refractivity contribution in [3.05, 3.63) is 29.6 Å². The predicted octanol–water partition coefficient (Wildman–Crippen LogP) is 3.18. The van der Waals surface area contributed by atoms with E-state index in [4.69, 9.17) is 5.26 Å². The van der Waals surface area contributed by atoms with E-state index in [0.717, 1.165) is 12.2 Å². The first-order valence-electron chi connectivity index (χ1n) is 5.24. The van der Waals surface area contributed by atoms with E-state index < -0.39 is 0 Å². The van der Waals surface area contributed by atoms with Crippen LogP contribution in [0.4, 0.5) is 10.1 Å². The molecule has 0 aromatic heterocycles. The van der Waals surface area contributed by atoms with Gasteiger partial charge >= 0.3 is 0 Å². The summed E-state index contributed by atoms with van der Waals surface area (Å²) in [6.45, 7) is 7.16. The third-order valence-corrected chi connectivity index (χ3v) is 2.16. The summed E-state index contributed by atoms with van der Waals surface area (Å²) in [4.78, 5) is 1.96. The Balaban J connectivity index is 2.96. The van der Waals surface area contributed by atoms with Gasteiger partial charge in [-0.15, -0.1) is 0 Å². The summed E-state index contributed by atoms with van der Waals surface area (Å²) in [6.07, 6.45) is 0. The van der Waals surface area contributed by atoms with E-state index >= 15 is 0 Å². The molecule has 0 spiro atoms. The Bertz CT molecular complexity index is 413. The topological polar surface area (TPSA) is 27.0 Å². The van der Waals surface area contributed by atoms with Gasteiger partial charge in [-0.2, -0.15) is 5.26 Å². The van der Waals surface area contributed by atoms with Crippen LogP contribution in [0.15, 0.2) is 18.2 Å². The largest absolute Gasteiger partial charge is 0.374 e. The minimum Gasteiger partial charge on any atom is -0.374 e. The second kappa shape index (κ2) is 4.52. The number of rotatable bonds is 2. The second-order valence-electron chi connectivity index (χ2n) is 5.23. The van der Waals surface area contributed by atoms with Crippen molar-refractivity contribution < 1.29 is 4.39 Å². The van der Waals surface area contributed by atoms with Crippen LogP contribution in [0.2, 0.25) is 0 Å². The van der Waals surface area contributed by atoms with Gasteiger partial charge in [-0.3, -0.25) is 0 Å². The monoisotopic (exact) mass is 220 g/mol. The molecule has 2 nitrogen and oxygen atoms in total. The highest BCUT2D eigenvalue weighted by Crippen LogP contribution is 2.22. The van der Waals surface area contributed by atoms with E-state index in [9.17, 15) is 4.39 Å². The quantitative estimate of drug-likeness (QED) is 0.765. The first-order valence-corrected chi connectivity index (χ1v) is 5.24. The summed E-state index contributed by atoms with van der Waals surface area (Å²) in [6, 6.07) is 6.36. The van der Waals surface area contributed by atoms with Crippen molar-refractivity contribution in [1.82, 2.24) is 0 Å². The lowest BCUT2D eigenvalue weighted by Crippen LogP contribution is -2.29. The molecular weight excluding hydrogens is 203 g/mol. The van der Waals surface area contributed by atoms with Gasteiger partial charge in [-0.05, 0) is 23.6 Å². The van der Waals surface area contributed by atoms with Gasteiger partial charge in [0.2, 0.25) is 0 Å².